The van der Waals surface area contributed by atoms with E-state index in [4.69, 9.17) is 4.74 Å². The SMILES string of the molecule is CCOC(=O)c1cnn(C(C)CC)c1. The number of hydrogen-bond donors (Lipinski definition) is 0. The minimum absolute atomic E-state index is 0.304. The molecule has 0 bridgehead atoms. The fourth-order valence-electron chi connectivity index (χ4n) is 1.09. The van der Waals surface area contributed by atoms with E-state index >= 15 is 0 Å². The number of carbonyl (C=O) groups is 1. The van der Waals surface area contributed by atoms with E-state index in [9.17, 15) is 4.79 Å². The minimum atomic E-state index is -0.304. The molecule has 4 nitrogen and oxygen atoms in total. The molecule has 0 radical (unpaired) electrons. The number of esters is 1. The van der Waals surface area contributed by atoms with Crippen LogP contribution in [0.4, 0.5) is 0 Å². The Balaban J connectivity index is 2.72. The van der Waals surface area contributed by atoms with E-state index in [-0.39, 0.29) is 5.97 Å². The third kappa shape index (κ3) is 2.34. The van der Waals surface area contributed by atoms with E-state index in [1.54, 1.807) is 24.0 Å². The molecule has 78 valence electrons. The van der Waals surface area contributed by atoms with Gasteiger partial charge in [0.2, 0.25) is 0 Å². The predicted molar refractivity (Wildman–Crippen MR) is 53.2 cm³/mol. The largest absolute Gasteiger partial charge is 0.462 e. The Kier molecular flexibility index (Phi) is 3.68. The second-order valence-electron chi connectivity index (χ2n) is 3.19. The normalized spacial score (nSPS) is 12.5. The lowest BCUT2D eigenvalue weighted by Gasteiger charge is -2.07. The van der Waals surface area contributed by atoms with Gasteiger partial charge in [-0.2, -0.15) is 5.10 Å². The van der Waals surface area contributed by atoms with Crippen molar-refractivity contribution in [1.29, 1.82) is 0 Å². The van der Waals surface area contributed by atoms with Gasteiger partial charge < -0.3 is 4.74 Å². The molecule has 1 aromatic rings. The van der Waals surface area contributed by atoms with Crippen molar-refractivity contribution in [2.45, 2.75) is 33.2 Å². The monoisotopic (exact) mass is 196 g/mol. The van der Waals surface area contributed by atoms with Gasteiger partial charge in [0, 0.05) is 12.2 Å². The molecule has 1 unspecified atom stereocenters. The van der Waals surface area contributed by atoms with E-state index in [1.807, 2.05) is 0 Å². The molecule has 1 heterocycles. The molecule has 1 atom stereocenters. The standard InChI is InChI=1S/C10H16N2O2/c1-4-8(3)12-7-9(6-11-12)10(13)14-5-2/h6-8H,4-5H2,1-3H3. The van der Waals surface area contributed by atoms with Gasteiger partial charge in [-0.1, -0.05) is 6.92 Å². The van der Waals surface area contributed by atoms with Gasteiger partial charge in [-0.15, -0.1) is 0 Å². The topological polar surface area (TPSA) is 44.1 Å². The molecule has 0 N–H and O–H groups in total. The number of nitrogens with zero attached hydrogens (tertiary/aromatic N) is 2. The molecule has 0 spiro atoms. The molecule has 0 fully saturated rings. The molecule has 0 aliphatic carbocycles. The Labute approximate surface area is 83.9 Å². The lowest BCUT2D eigenvalue weighted by molar-refractivity contribution is 0.0526. The maximum absolute atomic E-state index is 11.3. The summed E-state index contributed by atoms with van der Waals surface area (Å²) in [7, 11) is 0. The molecule has 0 saturated carbocycles. The Morgan fingerprint density at radius 3 is 2.93 bits per heavy atom. The molecule has 0 aromatic carbocycles. The number of hydrogen-bond acceptors (Lipinski definition) is 3. The lowest BCUT2D eigenvalue weighted by Crippen LogP contribution is -2.05. The second kappa shape index (κ2) is 4.79. The third-order valence-corrected chi connectivity index (χ3v) is 2.16. The quantitative estimate of drug-likeness (QED) is 0.692. The molecule has 1 aromatic heterocycles. The van der Waals surface area contributed by atoms with Crippen molar-refractivity contribution in [3.63, 3.8) is 0 Å². The molecular formula is C10H16N2O2. The Morgan fingerprint density at radius 2 is 2.36 bits per heavy atom. The third-order valence-electron chi connectivity index (χ3n) is 2.16. The summed E-state index contributed by atoms with van der Waals surface area (Å²) in [6.45, 7) is 6.32. The summed E-state index contributed by atoms with van der Waals surface area (Å²) in [5.74, 6) is -0.304. The second-order valence-corrected chi connectivity index (χ2v) is 3.19. The Morgan fingerprint density at radius 1 is 1.64 bits per heavy atom. The van der Waals surface area contributed by atoms with Crippen LogP contribution in [0.2, 0.25) is 0 Å². The van der Waals surface area contributed by atoms with Crippen LogP contribution >= 0.6 is 0 Å². The van der Waals surface area contributed by atoms with Crippen LogP contribution in [0.25, 0.3) is 0 Å². The van der Waals surface area contributed by atoms with Gasteiger partial charge in [-0.25, -0.2) is 4.79 Å². The summed E-state index contributed by atoms with van der Waals surface area (Å²) in [6, 6.07) is 0.318. The first-order valence-electron chi connectivity index (χ1n) is 4.90. The van der Waals surface area contributed by atoms with E-state index in [0.717, 1.165) is 6.42 Å². The van der Waals surface area contributed by atoms with Crippen molar-refractivity contribution < 1.29 is 9.53 Å². The minimum Gasteiger partial charge on any atom is -0.462 e. The van der Waals surface area contributed by atoms with Gasteiger partial charge in [0.25, 0.3) is 0 Å². The van der Waals surface area contributed by atoms with E-state index in [1.165, 1.54) is 0 Å². The van der Waals surface area contributed by atoms with Crippen LogP contribution in [0, 0.1) is 0 Å². The van der Waals surface area contributed by atoms with Crippen LogP contribution in [0.5, 0.6) is 0 Å². The molecule has 0 amide bonds. The smallest absolute Gasteiger partial charge is 0.341 e. The van der Waals surface area contributed by atoms with Crippen LogP contribution in [0.15, 0.2) is 12.4 Å². The number of ether oxygens (including phenoxy) is 1. The van der Waals surface area contributed by atoms with Crippen molar-refractivity contribution in [3.05, 3.63) is 18.0 Å². The van der Waals surface area contributed by atoms with Gasteiger partial charge in [0.15, 0.2) is 0 Å². The molecule has 1 rings (SSSR count). The van der Waals surface area contributed by atoms with E-state index in [2.05, 4.69) is 18.9 Å². The molecule has 4 heteroatoms. The van der Waals surface area contributed by atoms with Crippen molar-refractivity contribution in [2.24, 2.45) is 0 Å². The summed E-state index contributed by atoms with van der Waals surface area (Å²) in [5, 5.41) is 4.11. The molecule has 0 saturated heterocycles. The van der Waals surface area contributed by atoms with Crippen LogP contribution in [-0.2, 0) is 4.74 Å². The van der Waals surface area contributed by atoms with Crippen molar-refractivity contribution in [1.82, 2.24) is 9.78 Å². The fourth-order valence-corrected chi connectivity index (χ4v) is 1.09. The average molecular weight is 196 g/mol. The van der Waals surface area contributed by atoms with Crippen LogP contribution < -0.4 is 0 Å². The molecule has 0 aliphatic heterocycles. The Hall–Kier alpha value is -1.32. The first-order chi connectivity index (χ1) is 6.69. The van der Waals surface area contributed by atoms with Crippen LogP contribution in [0.1, 0.15) is 43.6 Å². The molecule has 0 aliphatic rings. The number of aromatic nitrogens is 2. The van der Waals surface area contributed by atoms with Crippen LogP contribution in [0.3, 0.4) is 0 Å². The average Bonchev–Trinajstić information content (AvgIpc) is 2.66. The summed E-state index contributed by atoms with van der Waals surface area (Å²) >= 11 is 0. The maximum atomic E-state index is 11.3. The van der Waals surface area contributed by atoms with Gasteiger partial charge in [-0.3, -0.25) is 4.68 Å². The first-order valence-corrected chi connectivity index (χ1v) is 4.90. The van der Waals surface area contributed by atoms with Gasteiger partial charge >= 0.3 is 5.97 Å². The highest BCUT2D eigenvalue weighted by Crippen LogP contribution is 2.10. The van der Waals surface area contributed by atoms with Gasteiger partial charge in [0.05, 0.1) is 18.4 Å². The zero-order valence-electron chi connectivity index (χ0n) is 8.86. The summed E-state index contributed by atoms with van der Waals surface area (Å²) in [6.07, 6.45) is 4.26. The first kappa shape index (κ1) is 10.8. The maximum Gasteiger partial charge on any atom is 0.341 e. The highest BCUT2D eigenvalue weighted by atomic mass is 16.5. The fraction of sp³-hybridized carbons (Fsp3) is 0.600. The van der Waals surface area contributed by atoms with Crippen molar-refractivity contribution >= 4 is 5.97 Å². The van der Waals surface area contributed by atoms with Crippen molar-refractivity contribution in [3.8, 4) is 0 Å². The van der Waals surface area contributed by atoms with Gasteiger partial charge in [0.1, 0.15) is 0 Å². The van der Waals surface area contributed by atoms with Crippen LogP contribution in [-0.4, -0.2) is 22.4 Å². The predicted octanol–water partition coefficient (Wildman–Crippen LogP) is 2.03. The van der Waals surface area contributed by atoms with E-state index in [0.29, 0.717) is 18.2 Å². The molecule has 14 heavy (non-hydrogen) atoms. The van der Waals surface area contributed by atoms with Gasteiger partial charge in [-0.05, 0) is 20.3 Å². The summed E-state index contributed by atoms with van der Waals surface area (Å²) in [4.78, 5) is 11.3. The zero-order valence-corrected chi connectivity index (χ0v) is 8.86. The number of carbonyl (C=O) groups excluding carboxylic acids is 1. The lowest BCUT2D eigenvalue weighted by atomic mass is 10.3. The summed E-state index contributed by atoms with van der Waals surface area (Å²) < 4.78 is 6.65. The zero-order chi connectivity index (χ0) is 10.6. The summed E-state index contributed by atoms with van der Waals surface area (Å²) in [5.41, 5.74) is 0.521. The highest BCUT2D eigenvalue weighted by Gasteiger charge is 2.11. The Bertz CT molecular complexity index is 307. The highest BCUT2D eigenvalue weighted by molar-refractivity contribution is 5.88. The number of rotatable bonds is 4. The van der Waals surface area contributed by atoms with E-state index < -0.39 is 0 Å². The molecular weight excluding hydrogens is 180 g/mol. The van der Waals surface area contributed by atoms with Crippen molar-refractivity contribution in [2.75, 3.05) is 6.61 Å².